The number of nitrogens with one attached hydrogen (secondary N) is 1. The Labute approximate surface area is 144 Å². The number of thiophene rings is 1. The number of ether oxygens (including phenoxy) is 1. The maximum atomic E-state index is 5.76. The van der Waals surface area contributed by atoms with Gasteiger partial charge in [-0.1, -0.05) is 6.07 Å². The van der Waals surface area contributed by atoms with Crippen LogP contribution in [0.15, 0.2) is 23.6 Å². The Balaban J connectivity index is 1.57. The third-order valence-electron chi connectivity index (χ3n) is 4.92. The highest BCUT2D eigenvalue weighted by Crippen LogP contribution is 2.31. The zero-order valence-corrected chi connectivity index (χ0v) is 14.3. The van der Waals surface area contributed by atoms with Crippen molar-refractivity contribution in [2.24, 2.45) is 0 Å². The second-order valence-corrected chi connectivity index (χ2v) is 7.48. The van der Waals surface area contributed by atoms with E-state index < -0.39 is 0 Å². The molecule has 1 saturated heterocycles. The Morgan fingerprint density at radius 3 is 3.17 bits per heavy atom. The third kappa shape index (κ3) is 2.41. The summed E-state index contributed by atoms with van der Waals surface area (Å²) in [6, 6.07) is 6.27. The maximum Gasteiger partial charge on any atom is 0.158 e. The van der Waals surface area contributed by atoms with E-state index in [1.54, 1.807) is 11.3 Å². The van der Waals surface area contributed by atoms with Crippen LogP contribution in [0.3, 0.4) is 0 Å². The number of hydrogen-bond donors (Lipinski definition) is 1. The average molecular weight is 340 g/mol. The zero-order chi connectivity index (χ0) is 15.9. The lowest BCUT2D eigenvalue weighted by atomic mass is 10.2. The molecule has 0 spiro atoms. The SMILES string of the molecule is c1csc(-c2cc3nc4c(c(NCC5CCCO5)n3n2)CCC4)c1. The van der Waals surface area contributed by atoms with Gasteiger partial charge in [0.25, 0.3) is 0 Å². The van der Waals surface area contributed by atoms with Crippen molar-refractivity contribution in [2.75, 3.05) is 18.5 Å². The molecule has 0 radical (unpaired) electrons. The Hall–Kier alpha value is -1.92. The van der Waals surface area contributed by atoms with Crippen LogP contribution in [0.2, 0.25) is 0 Å². The predicted molar refractivity (Wildman–Crippen MR) is 95.8 cm³/mol. The van der Waals surface area contributed by atoms with E-state index in [1.165, 1.54) is 29.0 Å². The Kier molecular flexibility index (Phi) is 3.52. The van der Waals surface area contributed by atoms with Crippen molar-refractivity contribution in [1.29, 1.82) is 0 Å². The van der Waals surface area contributed by atoms with Gasteiger partial charge in [0.05, 0.1) is 11.0 Å². The van der Waals surface area contributed by atoms with Crippen LogP contribution in [0.5, 0.6) is 0 Å². The Bertz CT molecular complexity index is 865. The van der Waals surface area contributed by atoms with Crippen LogP contribution in [0.1, 0.15) is 30.5 Å². The van der Waals surface area contributed by atoms with Crippen molar-refractivity contribution >= 4 is 22.8 Å². The summed E-state index contributed by atoms with van der Waals surface area (Å²) in [6.45, 7) is 1.74. The summed E-state index contributed by atoms with van der Waals surface area (Å²) in [5.41, 5.74) is 4.51. The molecule has 3 aromatic rings. The minimum Gasteiger partial charge on any atom is -0.376 e. The lowest BCUT2D eigenvalue weighted by molar-refractivity contribution is 0.120. The number of hydrogen-bond acceptors (Lipinski definition) is 5. The highest BCUT2D eigenvalue weighted by atomic mass is 32.1. The second-order valence-electron chi connectivity index (χ2n) is 6.53. The molecule has 124 valence electrons. The molecular formula is C18H20N4OS. The summed E-state index contributed by atoms with van der Waals surface area (Å²) in [7, 11) is 0. The van der Waals surface area contributed by atoms with E-state index >= 15 is 0 Å². The fraction of sp³-hybridized carbons (Fsp3) is 0.444. The van der Waals surface area contributed by atoms with Gasteiger partial charge in [-0.05, 0) is 43.6 Å². The number of nitrogens with zero attached hydrogens (tertiary/aromatic N) is 3. The molecular weight excluding hydrogens is 320 g/mol. The van der Waals surface area contributed by atoms with Crippen LogP contribution >= 0.6 is 11.3 Å². The number of anilines is 1. The molecule has 6 heteroatoms. The van der Waals surface area contributed by atoms with Gasteiger partial charge in [-0.3, -0.25) is 0 Å². The molecule has 1 fully saturated rings. The van der Waals surface area contributed by atoms with Crippen molar-refractivity contribution in [3.8, 4) is 10.6 Å². The molecule has 24 heavy (non-hydrogen) atoms. The van der Waals surface area contributed by atoms with Crippen LogP contribution in [-0.2, 0) is 17.6 Å². The van der Waals surface area contributed by atoms with E-state index in [4.69, 9.17) is 14.8 Å². The number of fused-ring (bicyclic) bond motifs is 2. The van der Waals surface area contributed by atoms with Crippen molar-refractivity contribution in [3.05, 3.63) is 34.8 Å². The van der Waals surface area contributed by atoms with Crippen molar-refractivity contribution in [2.45, 2.75) is 38.2 Å². The summed E-state index contributed by atoms with van der Waals surface area (Å²) in [5.74, 6) is 1.12. The number of aromatic nitrogens is 3. The van der Waals surface area contributed by atoms with Crippen LogP contribution < -0.4 is 5.32 Å². The third-order valence-corrected chi connectivity index (χ3v) is 5.81. The van der Waals surface area contributed by atoms with Crippen LogP contribution in [-0.4, -0.2) is 33.9 Å². The van der Waals surface area contributed by atoms with Gasteiger partial charge in [0.1, 0.15) is 11.5 Å². The molecule has 1 atom stereocenters. The van der Waals surface area contributed by atoms with Crippen LogP contribution in [0, 0.1) is 0 Å². The van der Waals surface area contributed by atoms with Crippen LogP contribution in [0.25, 0.3) is 16.2 Å². The van der Waals surface area contributed by atoms with Gasteiger partial charge in [-0.25, -0.2) is 4.98 Å². The van der Waals surface area contributed by atoms with E-state index in [9.17, 15) is 0 Å². The lowest BCUT2D eigenvalue weighted by Crippen LogP contribution is -2.21. The highest BCUT2D eigenvalue weighted by molar-refractivity contribution is 7.13. The predicted octanol–water partition coefficient (Wildman–Crippen LogP) is 3.54. The first-order valence-corrected chi connectivity index (χ1v) is 9.57. The molecule has 0 saturated carbocycles. The summed E-state index contributed by atoms with van der Waals surface area (Å²) < 4.78 is 7.76. The molecule has 1 aliphatic carbocycles. The summed E-state index contributed by atoms with van der Waals surface area (Å²) in [4.78, 5) is 6.05. The van der Waals surface area contributed by atoms with E-state index in [1.807, 2.05) is 4.52 Å². The number of aryl methyl sites for hydroxylation is 1. The largest absolute Gasteiger partial charge is 0.376 e. The van der Waals surface area contributed by atoms with Gasteiger partial charge in [-0.2, -0.15) is 9.61 Å². The topological polar surface area (TPSA) is 51.5 Å². The molecule has 4 heterocycles. The van der Waals surface area contributed by atoms with E-state index in [0.717, 1.165) is 49.6 Å². The Morgan fingerprint density at radius 1 is 1.33 bits per heavy atom. The monoisotopic (exact) mass is 340 g/mol. The molecule has 1 N–H and O–H groups in total. The van der Waals surface area contributed by atoms with Crippen LogP contribution in [0.4, 0.5) is 5.82 Å². The van der Waals surface area contributed by atoms with Gasteiger partial charge >= 0.3 is 0 Å². The minimum absolute atomic E-state index is 0.317. The van der Waals surface area contributed by atoms with E-state index in [2.05, 4.69) is 28.9 Å². The summed E-state index contributed by atoms with van der Waals surface area (Å²) in [5, 5.41) is 10.6. The fourth-order valence-corrected chi connectivity index (χ4v) is 4.41. The number of rotatable bonds is 4. The molecule has 0 bridgehead atoms. The normalized spacial score (nSPS) is 19.9. The first-order chi connectivity index (χ1) is 11.9. The first kappa shape index (κ1) is 14.4. The molecule has 5 nitrogen and oxygen atoms in total. The zero-order valence-electron chi connectivity index (χ0n) is 13.5. The van der Waals surface area contributed by atoms with E-state index in [0.29, 0.717) is 6.10 Å². The lowest BCUT2D eigenvalue weighted by Gasteiger charge is -2.16. The van der Waals surface area contributed by atoms with Gasteiger partial charge < -0.3 is 10.1 Å². The summed E-state index contributed by atoms with van der Waals surface area (Å²) >= 11 is 1.71. The summed E-state index contributed by atoms with van der Waals surface area (Å²) in [6.07, 6.45) is 5.96. The van der Waals surface area contributed by atoms with Crippen molar-refractivity contribution in [1.82, 2.24) is 14.6 Å². The van der Waals surface area contributed by atoms with Gasteiger partial charge in [0.15, 0.2) is 5.65 Å². The molecule has 1 unspecified atom stereocenters. The van der Waals surface area contributed by atoms with Gasteiger partial charge in [0, 0.05) is 30.5 Å². The Morgan fingerprint density at radius 2 is 2.33 bits per heavy atom. The van der Waals surface area contributed by atoms with Crippen molar-refractivity contribution < 1.29 is 4.74 Å². The van der Waals surface area contributed by atoms with Crippen molar-refractivity contribution in [3.63, 3.8) is 0 Å². The molecule has 5 rings (SSSR count). The average Bonchev–Trinajstić information content (AvgIpc) is 3.38. The molecule has 2 aliphatic rings. The second kappa shape index (κ2) is 5.86. The first-order valence-electron chi connectivity index (χ1n) is 8.69. The highest BCUT2D eigenvalue weighted by Gasteiger charge is 2.23. The molecule has 3 aromatic heterocycles. The fourth-order valence-electron chi connectivity index (χ4n) is 3.73. The molecule has 1 aliphatic heterocycles. The maximum absolute atomic E-state index is 5.76. The molecule has 0 aromatic carbocycles. The standard InChI is InChI=1S/C18H20N4OS/c1-5-13-14(6-1)20-17-10-15(16-7-3-9-24-16)21-22(17)18(13)19-11-12-4-2-8-23-12/h3,7,9-10,12,19H,1-2,4-6,8,11H2. The van der Waals surface area contributed by atoms with Gasteiger partial charge in [-0.15, -0.1) is 11.3 Å². The minimum atomic E-state index is 0.317. The molecule has 0 amide bonds. The van der Waals surface area contributed by atoms with Gasteiger partial charge in [0.2, 0.25) is 0 Å². The van der Waals surface area contributed by atoms with E-state index in [-0.39, 0.29) is 0 Å². The quantitative estimate of drug-likeness (QED) is 0.789. The smallest absolute Gasteiger partial charge is 0.158 e.